The summed E-state index contributed by atoms with van der Waals surface area (Å²) in [5, 5.41) is 3.42. The van der Waals surface area contributed by atoms with Crippen molar-refractivity contribution < 1.29 is 13.2 Å². The van der Waals surface area contributed by atoms with Crippen molar-refractivity contribution in [2.24, 2.45) is 5.92 Å². The summed E-state index contributed by atoms with van der Waals surface area (Å²) in [4.78, 5) is 0.331. The van der Waals surface area contributed by atoms with Gasteiger partial charge in [-0.1, -0.05) is 13.8 Å². The monoisotopic (exact) mass is 312 g/mol. The number of methoxy groups -OCH3 is 1. The minimum absolute atomic E-state index is 0.312. The molecule has 2 rings (SSSR count). The van der Waals surface area contributed by atoms with Gasteiger partial charge in [-0.15, -0.1) is 0 Å². The topological polar surface area (TPSA) is 58.6 Å². The fourth-order valence-electron chi connectivity index (χ4n) is 2.79. The normalized spacial score (nSPS) is 24.0. The van der Waals surface area contributed by atoms with E-state index in [4.69, 9.17) is 4.74 Å². The number of ether oxygens (including phenoxy) is 1. The zero-order valence-corrected chi connectivity index (χ0v) is 13.7. The lowest BCUT2D eigenvalue weighted by molar-refractivity contribution is 0.222. The van der Waals surface area contributed by atoms with E-state index in [2.05, 4.69) is 19.2 Å². The predicted octanol–water partition coefficient (Wildman–Crippen LogP) is 1.70. The molecule has 1 aliphatic rings. The molecule has 6 heteroatoms. The van der Waals surface area contributed by atoms with Crippen molar-refractivity contribution in [3.63, 3.8) is 0 Å². The van der Waals surface area contributed by atoms with Gasteiger partial charge < -0.3 is 10.1 Å². The summed E-state index contributed by atoms with van der Waals surface area (Å²) < 4.78 is 32.0. The van der Waals surface area contributed by atoms with E-state index in [1.807, 2.05) is 0 Å². The Kier molecular flexibility index (Phi) is 5.24. The van der Waals surface area contributed by atoms with Crippen LogP contribution < -0.4 is 10.1 Å². The average Bonchev–Trinajstić information content (AvgIpc) is 2.49. The van der Waals surface area contributed by atoms with Crippen LogP contribution in [0.15, 0.2) is 29.2 Å². The third kappa shape index (κ3) is 3.56. The quantitative estimate of drug-likeness (QED) is 0.899. The second-order valence-electron chi connectivity index (χ2n) is 5.47. The van der Waals surface area contributed by atoms with E-state index in [-0.39, 0.29) is 0 Å². The van der Waals surface area contributed by atoms with Gasteiger partial charge in [-0.25, -0.2) is 8.42 Å². The highest BCUT2D eigenvalue weighted by Crippen LogP contribution is 2.25. The molecule has 1 saturated heterocycles. The van der Waals surface area contributed by atoms with E-state index in [1.165, 1.54) is 0 Å². The first-order valence-electron chi connectivity index (χ1n) is 7.36. The SMILES string of the molecule is CCNC1CCN(S(=O)(=O)c2ccc(OC)cc2)CC1C. The van der Waals surface area contributed by atoms with Crippen LogP contribution in [0.2, 0.25) is 0 Å². The molecule has 118 valence electrons. The Bertz CT molecular complexity index is 557. The highest BCUT2D eigenvalue weighted by Gasteiger charge is 2.33. The number of nitrogens with one attached hydrogen (secondary N) is 1. The third-order valence-electron chi connectivity index (χ3n) is 4.03. The molecule has 1 aromatic rings. The molecule has 1 fully saturated rings. The number of rotatable bonds is 5. The van der Waals surface area contributed by atoms with Crippen LogP contribution in [0.25, 0.3) is 0 Å². The molecule has 1 aliphatic heterocycles. The molecule has 0 bridgehead atoms. The molecule has 0 radical (unpaired) electrons. The summed E-state index contributed by atoms with van der Waals surface area (Å²) in [5.41, 5.74) is 0. The van der Waals surface area contributed by atoms with Crippen molar-refractivity contribution >= 4 is 10.0 Å². The molecule has 1 N–H and O–H groups in total. The Morgan fingerprint density at radius 3 is 2.52 bits per heavy atom. The highest BCUT2D eigenvalue weighted by molar-refractivity contribution is 7.89. The Morgan fingerprint density at radius 1 is 1.33 bits per heavy atom. The zero-order valence-electron chi connectivity index (χ0n) is 12.9. The second-order valence-corrected chi connectivity index (χ2v) is 7.41. The number of sulfonamides is 1. The summed E-state index contributed by atoms with van der Waals surface area (Å²) in [7, 11) is -1.84. The van der Waals surface area contributed by atoms with E-state index in [1.54, 1.807) is 35.7 Å². The van der Waals surface area contributed by atoms with Crippen molar-refractivity contribution in [3.05, 3.63) is 24.3 Å². The van der Waals surface area contributed by atoms with Gasteiger partial charge in [0.25, 0.3) is 0 Å². The first kappa shape index (κ1) is 16.3. The van der Waals surface area contributed by atoms with Gasteiger partial charge in [0.15, 0.2) is 0 Å². The highest BCUT2D eigenvalue weighted by atomic mass is 32.2. The zero-order chi connectivity index (χ0) is 15.5. The van der Waals surface area contributed by atoms with Gasteiger partial charge in [0, 0.05) is 19.1 Å². The van der Waals surface area contributed by atoms with E-state index in [0.29, 0.717) is 35.7 Å². The van der Waals surface area contributed by atoms with Crippen molar-refractivity contribution in [3.8, 4) is 5.75 Å². The van der Waals surface area contributed by atoms with Crippen molar-refractivity contribution in [1.29, 1.82) is 0 Å². The molecule has 2 atom stereocenters. The van der Waals surface area contributed by atoms with Crippen LogP contribution in [0.4, 0.5) is 0 Å². The van der Waals surface area contributed by atoms with E-state index < -0.39 is 10.0 Å². The fourth-order valence-corrected chi connectivity index (χ4v) is 4.34. The van der Waals surface area contributed by atoms with Crippen molar-refractivity contribution in [1.82, 2.24) is 9.62 Å². The van der Waals surface area contributed by atoms with Gasteiger partial charge in [0.1, 0.15) is 5.75 Å². The lowest BCUT2D eigenvalue weighted by Gasteiger charge is -2.36. The summed E-state index contributed by atoms with van der Waals surface area (Å²) in [6.45, 7) is 6.22. The number of hydrogen-bond acceptors (Lipinski definition) is 4. The van der Waals surface area contributed by atoms with Gasteiger partial charge >= 0.3 is 0 Å². The average molecular weight is 312 g/mol. The second kappa shape index (κ2) is 6.77. The van der Waals surface area contributed by atoms with Crippen molar-refractivity contribution in [2.45, 2.75) is 31.2 Å². The van der Waals surface area contributed by atoms with Gasteiger partial charge in [-0.3, -0.25) is 0 Å². The first-order valence-corrected chi connectivity index (χ1v) is 8.80. The van der Waals surface area contributed by atoms with Crippen molar-refractivity contribution in [2.75, 3.05) is 26.7 Å². The number of hydrogen-bond donors (Lipinski definition) is 1. The molecule has 21 heavy (non-hydrogen) atoms. The molecule has 0 amide bonds. The molecule has 0 saturated carbocycles. The van der Waals surface area contributed by atoms with Crippen LogP contribution in [0, 0.1) is 5.92 Å². The summed E-state index contributed by atoms with van der Waals surface area (Å²) in [6, 6.07) is 6.98. The maximum Gasteiger partial charge on any atom is 0.243 e. The number of piperidine rings is 1. The minimum Gasteiger partial charge on any atom is -0.497 e. The smallest absolute Gasteiger partial charge is 0.243 e. The molecule has 0 spiro atoms. The summed E-state index contributed by atoms with van der Waals surface area (Å²) >= 11 is 0. The number of nitrogens with zero attached hydrogens (tertiary/aromatic N) is 1. The predicted molar refractivity (Wildman–Crippen MR) is 83.0 cm³/mol. The molecular formula is C15H24N2O3S. The summed E-state index contributed by atoms with van der Waals surface area (Å²) in [5.74, 6) is 0.972. The van der Waals surface area contributed by atoms with Crippen LogP contribution in [0.3, 0.4) is 0 Å². The molecule has 0 aromatic heterocycles. The summed E-state index contributed by atoms with van der Waals surface area (Å²) in [6.07, 6.45) is 0.852. The fraction of sp³-hybridized carbons (Fsp3) is 0.600. The molecule has 1 aromatic carbocycles. The first-order chi connectivity index (χ1) is 9.98. The maximum atomic E-state index is 12.7. The Labute approximate surface area is 127 Å². The van der Waals surface area contributed by atoms with Gasteiger partial charge in [-0.05, 0) is 43.1 Å². The molecule has 0 aliphatic carbocycles. The Balaban J connectivity index is 2.13. The lowest BCUT2D eigenvalue weighted by Crippen LogP contribution is -2.49. The Hall–Kier alpha value is -1.11. The lowest BCUT2D eigenvalue weighted by atomic mass is 9.95. The van der Waals surface area contributed by atoms with Crippen LogP contribution in [-0.2, 0) is 10.0 Å². The Morgan fingerprint density at radius 2 is 2.00 bits per heavy atom. The van der Waals surface area contributed by atoms with Crippen LogP contribution in [0.1, 0.15) is 20.3 Å². The molecule has 2 unspecified atom stereocenters. The largest absolute Gasteiger partial charge is 0.497 e. The van der Waals surface area contributed by atoms with Crippen LogP contribution in [0.5, 0.6) is 5.75 Å². The van der Waals surface area contributed by atoms with Gasteiger partial charge in [0.2, 0.25) is 10.0 Å². The number of benzene rings is 1. The van der Waals surface area contributed by atoms with E-state index in [0.717, 1.165) is 13.0 Å². The standard InChI is InChI=1S/C15H24N2O3S/c1-4-16-15-9-10-17(11-12(15)2)21(18,19)14-7-5-13(20-3)6-8-14/h5-8,12,15-16H,4,9-11H2,1-3H3. The minimum atomic E-state index is -3.41. The third-order valence-corrected chi connectivity index (χ3v) is 5.91. The van der Waals surface area contributed by atoms with E-state index >= 15 is 0 Å². The molecule has 5 nitrogen and oxygen atoms in total. The molecular weight excluding hydrogens is 288 g/mol. The van der Waals surface area contributed by atoms with Gasteiger partial charge in [-0.2, -0.15) is 4.31 Å². The molecule has 1 heterocycles. The van der Waals surface area contributed by atoms with E-state index in [9.17, 15) is 8.42 Å². The maximum absolute atomic E-state index is 12.7. The van der Waals surface area contributed by atoms with Gasteiger partial charge in [0.05, 0.1) is 12.0 Å². The van der Waals surface area contributed by atoms with Crippen LogP contribution in [-0.4, -0.2) is 45.5 Å². The van der Waals surface area contributed by atoms with Crippen LogP contribution >= 0.6 is 0 Å².